The van der Waals surface area contributed by atoms with Crippen molar-refractivity contribution in [1.82, 2.24) is 5.32 Å². The van der Waals surface area contributed by atoms with Crippen LogP contribution in [0.15, 0.2) is 23.8 Å². The summed E-state index contributed by atoms with van der Waals surface area (Å²) in [6.07, 6.45) is 3.27. The van der Waals surface area contributed by atoms with Gasteiger partial charge in [-0.3, -0.25) is 4.79 Å². The van der Waals surface area contributed by atoms with E-state index in [9.17, 15) is 15.0 Å². The fourth-order valence-corrected chi connectivity index (χ4v) is 4.70. The molecule has 0 bridgehead atoms. The topological polar surface area (TPSA) is 78.8 Å². The Morgan fingerprint density at radius 2 is 1.97 bits per heavy atom. The minimum absolute atomic E-state index is 0.00939. The highest BCUT2D eigenvalue weighted by Crippen LogP contribution is 2.54. The van der Waals surface area contributed by atoms with Crippen molar-refractivity contribution >= 4 is 5.91 Å². The zero-order valence-electron chi connectivity index (χ0n) is 19.4. The van der Waals surface area contributed by atoms with Crippen LogP contribution >= 0.6 is 0 Å². The zero-order valence-corrected chi connectivity index (χ0v) is 19.4. The largest absolute Gasteiger partial charge is 0.508 e. The molecule has 3 atom stereocenters. The fraction of sp³-hybridized carbons (Fsp3) is 0.640. The first-order valence-electron chi connectivity index (χ1n) is 11.0. The van der Waals surface area contributed by atoms with Gasteiger partial charge >= 0.3 is 0 Å². The molecule has 0 spiro atoms. The molecule has 30 heavy (non-hydrogen) atoms. The molecule has 0 saturated heterocycles. The lowest BCUT2D eigenvalue weighted by atomic mass is 9.66. The molecular formula is C25H37NO4. The molecule has 1 aromatic carbocycles. The van der Waals surface area contributed by atoms with E-state index < -0.39 is 5.60 Å². The quantitative estimate of drug-likeness (QED) is 0.680. The molecule has 1 unspecified atom stereocenters. The van der Waals surface area contributed by atoms with Crippen LogP contribution in [0, 0.1) is 11.8 Å². The number of nitrogens with one attached hydrogen (secondary N) is 1. The van der Waals surface area contributed by atoms with E-state index in [1.54, 1.807) is 0 Å². The van der Waals surface area contributed by atoms with Gasteiger partial charge in [0.05, 0.1) is 12.6 Å². The molecule has 5 nitrogen and oxygen atoms in total. The first-order chi connectivity index (χ1) is 13.8. The molecule has 1 heterocycles. The first kappa shape index (κ1) is 22.7. The van der Waals surface area contributed by atoms with Gasteiger partial charge in [0.25, 0.3) is 0 Å². The van der Waals surface area contributed by atoms with Crippen molar-refractivity contribution < 1.29 is 19.7 Å². The lowest BCUT2D eigenvalue weighted by Crippen LogP contribution is -2.47. The van der Waals surface area contributed by atoms with Crippen molar-refractivity contribution in [3.8, 4) is 11.5 Å². The molecule has 2 aliphatic rings. The van der Waals surface area contributed by atoms with Crippen molar-refractivity contribution in [3.05, 3.63) is 34.9 Å². The number of hydrogen-bond acceptors (Lipinski definition) is 4. The van der Waals surface area contributed by atoms with Crippen molar-refractivity contribution in [2.45, 2.75) is 84.3 Å². The van der Waals surface area contributed by atoms with Crippen LogP contribution in [0.1, 0.15) is 78.4 Å². The predicted octanol–water partition coefficient (Wildman–Crippen LogP) is 4.41. The minimum Gasteiger partial charge on any atom is -0.508 e. The third-order valence-electron chi connectivity index (χ3n) is 6.78. The van der Waals surface area contributed by atoms with E-state index in [1.165, 1.54) is 0 Å². The monoisotopic (exact) mass is 415 g/mol. The van der Waals surface area contributed by atoms with Crippen LogP contribution in [0.5, 0.6) is 11.5 Å². The summed E-state index contributed by atoms with van der Waals surface area (Å²) in [4.78, 5) is 12.9. The van der Waals surface area contributed by atoms with Gasteiger partial charge in [0.1, 0.15) is 17.1 Å². The number of rotatable bonds is 4. The summed E-state index contributed by atoms with van der Waals surface area (Å²) in [5.41, 5.74) is 2.06. The van der Waals surface area contributed by atoms with Gasteiger partial charge in [-0.2, -0.15) is 0 Å². The smallest absolute Gasteiger partial charge is 0.247 e. The molecule has 0 fully saturated rings. The zero-order chi connectivity index (χ0) is 22.4. The number of aliphatic hydroxyl groups excluding tert-OH is 1. The summed E-state index contributed by atoms with van der Waals surface area (Å²) >= 11 is 0. The van der Waals surface area contributed by atoms with Gasteiger partial charge in [0, 0.05) is 23.0 Å². The summed E-state index contributed by atoms with van der Waals surface area (Å²) in [5, 5.41) is 23.5. The van der Waals surface area contributed by atoms with Crippen molar-refractivity contribution in [1.29, 1.82) is 0 Å². The van der Waals surface area contributed by atoms with Crippen LogP contribution in [0.3, 0.4) is 0 Å². The number of aliphatic hydroxyl groups is 1. The molecule has 3 N–H and O–H groups in total. The summed E-state index contributed by atoms with van der Waals surface area (Å²) in [6, 6.07) is 3.62. The minimum atomic E-state index is -0.398. The van der Waals surface area contributed by atoms with E-state index in [2.05, 4.69) is 39.9 Å². The number of ether oxygens (including phenoxy) is 1. The van der Waals surface area contributed by atoms with Gasteiger partial charge in [-0.25, -0.2) is 0 Å². The average Bonchev–Trinajstić information content (AvgIpc) is 2.63. The highest BCUT2D eigenvalue weighted by atomic mass is 16.5. The summed E-state index contributed by atoms with van der Waals surface area (Å²) in [6.45, 7) is 14.4. The molecule has 166 valence electrons. The number of hydrogen-bond donors (Lipinski definition) is 3. The highest BCUT2D eigenvalue weighted by Gasteiger charge is 2.47. The Morgan fingerprint density at radius 3 is 2.53 bits per heavy atom. The molecule has 1 amide bonds. The van der Waals surface area contributed by atoms with E-state index in [-0.39, 0.29) is 47.5 Å². The Bertz CT molecular complexity index is 847. The second kappa shape index (κ2) is 7.92. The number of amides is 1. The maximum absolute atomic E-state index is 12.9. The molecule has 1 aliphatic heterocycles. The van der Waals surface area contributed by atoms with Crippen LogP contribution < -0.4 is 10.1 Å². The van der Waals surface area contributed by atoms with Crippen LogP contribution in [0.25, 0.3) is 0 Å². The molecule has 0 saturated carbocycles. The van der Waals surface area contributed by atoms with Crippen LogP contribution in [-0.2, 0) is 10.2 Å². The standard InChI is InChI=1S/C25H37NO4/c1-14(2)19(13-27)26-23(29)15-8-9-18-17(10-15)22-20(28)11-16(24(3,4)5)12-21(22)30-25(18,6)7/h8,11-12,14,17-19,27-28H,9-10,13H2,1-7H3,(H,26,29)/t17-,18-,19?/m1/s1. The van der Waals surface area contributed by atoms with E-state index >= 15 is 0 Å². The van der Waals surface area contributed by atoms with Gasteiger partial charge in [0.15, 0.2) is 0 Å². The van der Waals surface area contributed by atoms with Crippen molar-refractivity contribution in [2.75, 3.05) is 6.61 Å². The number of fused-ring (bicyclic) bond motifs is 3. The van der Waals surface area contributed by atoms with Crippen molar-refractivity contribution in [3.63, 3.8) is 0 Å². The van der Waals surface area contributed by atoms with E-state index in [1.807, 2.05) is 32.1 Å². The number of carbonyl (C=O) groups is 1. The second-order valence-corrected chi connectivity index (χ2v) is 10.8. The van der Waals surface area contributed by atoms with Crippen molar-refractivity contribution in [2.24, 2.45) is 11.8 Å². The molecule has 1 aliphatic carbocycles. The summed E-state index contributed by atoms with van der Waals surface area (Å²) in [5.74, 6) is 1.18. The van der Waals surface area contributed by atoms with Crippen LogP contribution in [0.2, 0.25) is 0 Å². The maximum atomic E-state index is 12.9. The Kier molecular flexibility index (Phi) is 5.98. The van der Waals surface area contributed by atoms with Crippen LogP contribution in [0.4, 0.5) is 0 Å². The molecule has 0 aromatic heterocycles. The average molecular weight is 416 g/mol. The fourth-order valence-electron chi connectivity index (χ4n) is 4.70. The van der Waals surface area contributed by atoms with E-state index in [0.29, 0.717) is 12.8 Å². The lowest BCUT2D eigenvalue weighted by molar-refractivity contribution is -0.119. The Morgan fingerprint density at radius 1 is 1.30 bits per heavy atom. The molecule has 3 rings (SSSR count). The number of aromatic hydroxyl groups is 1. The first-order valence-corrected chi connectivity index (χ1v) is 11.0. The molecule has 1 aromatic rings. The Balaban J connectivity index is 1.96. The van der Waals surface area contributed by atoms with Gasteiger partial charge in [0.2, 0.25) is 5.91 Å². The molecular weight excluding hydrogens is 378 g/mol. The normalized spacial score (nSPS) is 23.7. The Hall–Kier alpha value is -2.01. The van der Waals surface area contributed by atoms with E-state index in [0.717, 1.165) is 22.4 Å². The second-order valence-electron chi connectivity index (χ2n) is 10.8. The summed E-state index contributed by atoms with van der Waals surface area (Å²) in [7, 11) is 0. The summed E-state index contributed by atoms with van der Waals surface area (Å²) < 4.78 is 6.39. The van der Waals surface area contributed by atoms with Gasteiger partial charge in [-0.1, -0.05) is 40.7 Å². The maximum Gasteiger partial charge on any atom is 0.247 e. The number of phenolic OH excluding ortho intramolecular Hbond substituents is 1. The van der Waals surface area contributed by atoms with E-state index in [4.69, 9.17) is 4.74 Å². The molecule has 5 heteroatoms. The predicted molar refractivity (Wildman–Crippen MR) is 119 cm³/mol. The molecule has 0 radical (unpaired) electrons. The SMILES string of the molecule is CC(C)C(CO)NC(=O)C1=CC[C@@H]2[C@@H](C1)c1c(O)cc(C(C)(C)C)cc1OC2(C)C. The number of phenols is 1. The van der Waals surface area contributed by atoms with Gasteiger partial charge in [-0.05, 0) is 55.7 Å². The highest BCUT2D eigenvalue weighted by molar-refractivity contribution is 5.94. The lowest BCUT2D eigenvalue weighted by Gasteiger charge is -2.47. The Labute approximate surface area is 180 Å². The third-order valence-corrected chi connectivity index (χ3v) is 6.78. The number of allylic oxidation sites excluding steroid dienone is 1. The number of carbonyl (C=O) groups excluding carboxylic acids is 1. The van der Waals surface area contributed by atoms with Gasteiger partial charge < -0.3 is 20.3 Å². The van der Waals surface area contributed by atoms with Gasteiger partial charge in [-0.15, -0.1) is 0 Å². The number of benzene rings is 1. The third kappa shape index (κ3) is 4.22. The van der Waals surface area contributed by atoms with Crippen LogP contribution in [-0.4, -0.2) is 34.4 Å².